The molecule has 0 unspecified atom stereocenters. The molecule has 0 saturated carbocycles. The Morgan fingerprint density at radius 1 is 1.04 bits per heavy atom. The second-order valence-corrected chi connectivity index (χ2v) is 7.00. The number of rotatable bonds is 8. The van der Waals surface area contributed by atoms with Crippen LogP contribution >= 0.6 is 0 Å². The molecule has 0 radical (unpaired) electrons. The van der Waals surface area contributed by atoms with Crippen molar-refractivity contribution in [1.82, 2.24) is 10.2 Å². The normalized spacial score (nSPS) is 11.6. The minimum absolute atomic E-state index is 0.0606. The van der Waals surface area contributed by atoms with Crippen LogP contribution < -0.4 is 10.1 Å². The molecule has 2 rings (SSSR count). The average molecular weight is 383 g/mol. The summed E-state index contributed by atoms with van der Waals surface area (Å²) < 4.78 is 5.20. The Hall–Kier alpha value is -2.82. The van der Waals surface area contributed by atoms with Gasteiger partial charge in [-0.1, -0.05) is 37.3 Å². The van der Waals surface area contributed by atoms with E-state index < -0.39 is 6.04 Å². The topological polar surface area (TPSA) is 58.6 Å². The number of hydrogen-bond donors (Lipinski definition) is 1. The maximum absolute atomic E-state index is 13.2. The largest absolute Gasteiger partial charge is 0.497 e. The van der Waals surface area contributed by atoms with Gasteiger partial charge in [0.25, 0.3) is 0 Å². The van der Waals surface area contributed by atoms with Gasteiger partial charge in [-0.3, -0.25) is 9.59 Å². The summed E-state index contributed by atoms with van der Waals surface area (Å²) in [5.41, 5.74) is 4.27. The molecule has 0 heterocycles. The van der Waals surface area contributed by atoms with Crippen LogP contribution in [0.2, 0.25) is 0 Å². The van der Waals surface area contributed by atoms with Gasteiger partial charge in [-0.05, 0) is 54.7 Å². The molecule has 2 aromatic carbocycles. The van der Waals surface area contributed by atoms with Crippen molar-refractivity contribution in [3.63, 3.8) is 0 Å². The van der Waals surface area contributed by atoms with E-state index >= 15 is 0 Å². The molecule has 28 heavy (non-hydrogen) atoms. The van der Waals surface area contributed by atoms with Crippen molar-refractivity contribution in [2.75, 3.05) is 14.2 Å². The molecule has 150 valence electrons. The third kappa shape index (κ3) is 5.35. The molecule has 0 saturated heterocycles. The number of likely N-dealkylation sites (N-methyl/N-ethyl adjacent to an activating group) is 1. The molecule has 0 bridgehead atoms. The quantitative estimate of drug-likeness (QED) is 0.761. The van der Waals surface area contributed by atoms with E-state index in [0.29, 0.717) is 13.0 Å². The highest BCUT2D eigenvalue weighted by Crippen LogP contribution is 2.18. The van der Waals surface area contributed by atoms with Crippen molar-refractivity contribution in [2.45, 2.75) is 46.2 Å². The number of hydrogen-bond acceptors (Lipinski definition) is 3. The van der Waals surface area contributed by atoms with Crippen molar-refractivity contribution < 1.29 is 14.3 Å². The Balaban J connectivity index is 2.28. The van der Waals surface area contributed by atoms with E-state index in [1.54, 1.807) is 19.1 Å². The first-order valence-electron chi connectivity index (χ1n) is 9.59. The number of carbonyl (C=O) groups excluding carboxylic acids is 2. The van der Waals surface area contributed by atoms with Crippen LogP contribution in [-0.4, -0.2) is 36.9 Å². The van der Waals surface area contributed by atoms with Crippen LogP contribution in [0, 0.1) is 13.8 Å². The Labute approximate surface area is 167 Å². The van der Waals surface area contributed by atoms with Gasteiger partial charge in [0.05, 0.1) is 13.5 Å². The number of amides is 2. The van der Waals surface area contributed by atoms with Gasteiger partial charge in [0.1, 0.15) is 11.8 Å². The van der Waals surface area contributed by atoms with Crippen LogP contribution in [0.5, 0.6) is 5.75 Å². The van der Waals surface area contributed by atoms with Crippen LogP contribution in [-0.2, 0) is 22.6 Å². The second-order valence-electron chi connectivity index (χ2n) is 7.00. The highest BCUT2D eigenvalue weighted by atomic mass is 16.5. The second kappa shape index (κ2) is 9.93. The first kappa shape index (κ1) is 21.5. The summed E-state index contributed by atoms with van der Waals surface area (Å²) in [4.78, 5) is 27.3. The lowest BCUT2D eigenvalue weighted by Crippen LogP contribution is -2.48. The molecular formula is C23H30N2O3. The van der Waals surface area contributed by atoms with E-state index in [4.69, 9.17) is 4.74 Å². The number of nitrogens with one attached hydrogen (secondary N) is 1. The van der Waals surface area contributed by atoms with Crippen molar-refractivity contribution in [3.8, 4) is 5.75 Å². The Bertz CT molecular complexity index is 815. The van der Waals surface area contributed by atoms with Gasteiger partial charge in [0.15, 0.2) is 0 Å². The van der Waals surface area contributed by atoms with E-state index in [9.17, 15) is 9.59 Å². The fraction of sp³-hybridized carbons (Fsp3) is 0.391. The lowest BCUT2D eigenvalue weighted by Gasteiger charge is -2.30. The summed E-state index contributed by atoms with van der Waals surface area (Å²) in [6.07, 6.45) is 0.819. The average Bonchev–Trinajstić information content (AvgIpc) is 2.70. The van der Waals surface area contributed by atoms with Gasteiger partial charge in [-0.25, -0.2) is 0 Å². The first-order valence-corrected chi connectivity index (χ1v) is 9.59. The minimum atomic E-state index is -0.508. The van der Waals surface area contributed by atoms with Crippen molar-refractivity contribution in [1.29, 1.82) is 0 Å². The van der Waals surface area contributed by atoms with E-state index in [-0.39, 0.29) is 18.2 Å². The predicted molar refractivity (Wildman–Crippen MR) is 111 cm³/mol. The molecule has 1 atom stereocenters. The van der Waals surface area contributed by atoms with Crippen molar-refractivity contribution in [2.24, 2.45) is 0 Å². The molecular weight excluding hydrogens is 352 g/mol. The third-order valence-corrected chi connectivity index (χ3v) is 5.07. The fourth-order valence-corrected chi connectivity index (χ4v) is 3.20. The van der Waals surface area contributed by atoms with Gasteiger partial charge >= 0.3 is 0 Å². The third-order valence-electron chi connectivity index (χ3n) is 5.07. The zero-order valence-electron chi connectivity index (χ0n) is 17.4. The van der Waals surface area contributed by atoms with E-state index in [1.807, 2.05) is 56.3 Å². The number of nitrogens with zero attached hydrogens (tertiary/aromatic N) is 1. The number of carbonyl (C=O) groups is 2. The van der Waals surface area contributed by atoms with Crippen LogP contribution in [0.15, 0.2) is 42.5 Å². The standard InChI is InChI=1S/C23H30N2O3/c1-6-21(23(27)24-4)25(15-18-9-11-20(28-5)12-10-18)22(26)14-19-8-7-16(2)17(3)13-19/h7-13,21H,6,14-15H2,1-5H3,(H,24,27)/t21-/m1/s1. The highest BCUT2D eigenvalue weighted by Gasteiger charge is 2.28. The highest BCUT2D eigenvalue weighted by molar-refractivity contribution is 5.88. The van der Waals surface area contributed by atoms with Crippen LogP contribution in [0.25, 0.3) is 0 Å². The zero-order chi connectivity index (χ0) is 20.7. The number of benzene rings is 2. The maximum Gasteiger partial charge on any atom is 0.242 e. The van der Waals surface area contributed by atoms with Gasteiger partial charge in [0.2, 0.25) is 11.8 Å². The molecule has 0 fully saturated rings. The fourth-order valence-electron chi connectivity index (χ4n) is 3.20. The van der Waals surface area contributed by atoms with Gasteiger partial charge in [0, 0.05) is 13.6 Å². The summed E-state index contributed by atoms with van der Waals surface area (Å²) >= 11 is 0. The molecule has 2 amide bonds. The Kier molecular flexibility index (Phi) is 7.61. The molecule has 0 aliphatic rings. The van der Waals surface area contributed by atoms with E-state index in [2.05, 4.69) is 12.2 Å². The lowest BCUT2D eigenvalue weighted by molar-refractivity contribution is -0.140. The first-order chi connectivity index (χ1) is 13.4. The minimum Gasteiger partial charge on any atom is -0.497 e. The maximum atomic E-state index is 13.2. The summed E-state index contributed by atoms with van der Waals surface area (Å²) in [5.74, 6) is 0.550. The smallest absolute Gasteiger partial charge is 0.242 e. The number of aryl methyl sites for hydroxylation is 2. The van der Waals surface area contributed by atoms with Crippen molar-refractivity contribution in [3.05, 3.63) is 64.7 Å². The molecule has 0 aliphatic carbocycles. The SMILES string of the molecule is CC[C@H](C(=O)NC)N(Cc1ccc(OC)cc1)C(=O)Cc1ccc(C)c(C)c1. The molecule has 5 heteroatoms. The summed E-state index contributed by atoms with van der Waals surface area (Å²) in [5, 5.41) is 2.68. The molecule has 2 aromatic rings. The Morgan fingerprint density at radius 3 is 2.21 bits per heavy atom. The molecule has 5 nitrogen and oxygen atoms in total. The summed E-state index contributed by atoms with van der Waals surface area (Å²) in [6, 6.07) is 13.1. The van der Waals surface area contributed by atoms with Crippen LogP contribution in [0.4, 0.5) is 0 Å². The lowest BCUT2D eigenvalue weighted by atomic mass is 10.0. The summed E-state index contributed by atoms with van der Waals surface area (Å²) in [6.45, 7) is 6.39. The number of methoxy groups -OCH3 is 1. The van der Waals surface area contributed by atoms with Crippen LogP contribution in [0.1, 0.15) is 35.6 Å². The van der Waals surface area contributed by atoms with Crippen molar-refractivity contribution >= 4 is 11.8 Å². The molecule has 1 N–H and O–H groups in total. The summed E-state index contributed by atoms with van der Waals surface area (Å²) in [7, 11) is 3.22. The molecule has 0 aliphatic heterocycles. The van der Waals surface area contributed by atoms with Crippen LogP contribution in [0.3, 0.4) is 0 Å². The molecule has 0 aromatic heterocycles. The zero-order valence-corrected chi connectivity index (χ0v) is 17.4. The predicted octanol–water partition coefficient (Wildman–Crippen LogP) is 3.41. The molecule has 0 spiro atoms. The van der Waals surface area contributed by atoms with E-state index in [1.165, 1.54) is 5.56 Å². The Morgan fingerprint density at radius 2 is 1.68 bits per heavy atom. The number of ether oxygens (including phenoxy) is 1. The van der Waals surface area contributed by atoms with E-state index in [0.717, 1.165) is 22.4 Å². The van der Waals surface area contributed by atoms with Gasteiger partial charge < -0.3 is 15.0 Å². The van der Waals surface area contributed by atoms with Gasteiger partial charge in [-0.2, -0.15) is 0 Å². The monoisotopic (exact) mass is 382 g/mol. The van der Waals surface area contributed by atoms with Gasteiger partial charge in [-0.15, -0.1) is 0 Å².